The van der Waals surface area contributed by atoms with Crippen LogP contribution in [0.3, 0.4) is 0 Å². The van der Waals surface area contributed by atoms with Gasteiger partial charge in [0.15, 0.2) is 0 Å². The van der Waals surface area contributed by atoms with E-state index in [4.69, 9.17) is 20.1 Å². The first-order valence-corrected chi connectivity index (χ1v) is 6.46. The van der Waals surface area contributed by atoms with Crippen molar-refractivity contribution in [3.63, 3.8) is 0 Å². The van der Waals surface area contributed by atoms with Gasteiger partial charge in [-0.05, 0) is 18.6 Å². The number of aliphatic hydroxyl groups excluding tert-OH is 3. The van der Waals surface area contributed by atoms with Crippen molar-refractivity contribution in [2.45, 2.75) is 12.8 Å². The fourth-order valence-electron chi connectivity index (χ4n) is 1.05. The summed E-state index contributed by atoms with van der Waals surface area (Å²) in [5, 5.41) is 34.6. The Kier molecular flexibility index (Phi) is 11.2. The number of nitro benzene ring substituents is 1. The van der Waals surface area contributed by atoms with E-state index in [0.717, 1.165) is 0 Å². The molecule has 0 aliphatic carbocycles. The molecule has 0 radical (unpaired) electrons. The van der Waals surface area contributed by atoms with Gasteiger partial charge in [-0.2, -0.15) is 0 Å². The van der Waals surface area contributed by atoms with Gasteiger partial charge in [0.1, 0.15) is 5.75 Å². The summed E-state index contributed by atoms with van der Waals surface area (Å²) in [5.41, 5.74) is -0.0917. The number of nitro groups is 1. The van der Waals surface area contributed by atoms with Crippen molar-refractivity contribution in [3.8, 4) is 5.75 Å². The molecular weight excluding hydrogens is 298 g/mol. The summed E-state index contributed by atoms with van der Waals surface area (Å²) in [5.74, 6) is 0.157. The van der Waals surface area contributed by atoms with E-state index < -0.39 is 11.1 Å². The van der Waals surface area contributed by atoms with Crippen LogP contribution in [0.15, 0.2) is 24.3 Å². The monoisotopic (exact) mass is 317 g/mol. The molecule has 0 atom stereocenters. The van der Waals surface area contributed by atoms with Gasteiger partial charge in [0.2, 0.25) is 0 Å². The number of rotatable bonds is 7. The maximum absolute atomic E-state index is 11.0. The zero-order valence-corrected chi connectivity index (χ0v) is 11.9. The summed E-state index contributed by atoms with van der Waals surface area (Å²) >= 11 is 0. The predicted octanol–water partition coefficient (Wildman–Crippen LogP) is 0.854. The number of non-ortho nitro benzene ring substituents is 1. The second kappa shape index (κ2) is 12.5. The summed E-state index contributed by atoms with van der Waals surface area (Å²) < 4.78 is 9.34. The molecule has 0 spiro atoms. The van der Waals surface area contributed by atoms with Crippen molar-refractivity contribution in [1.29, 1.82) is 0 Å². The van der Waals surface area contributed by atoms with E-state index in [9.17, 15) is 14.9 Å². The molecule has 9 heteroatoms. The third-order valence-corrected chi connectivity index (χ3v) is 2.09. The summed E-state index contributed by atoms with van der Waals surface area (Å²) in [4.78, 5) is 20.9. The standard InChI is InChI=1S/C10H11NO6.C3H8O2/c12-6-1-7-16-10(13)17-9-4-2-8(3-5-9)11(14)15;4-2-1-3-5/h2-5,12H,1,6-7H2;4-5H,1-3H2. The molecule has 0 amide bonds. The number of nitrogens with zero attached hydrogens (tertiary/aromatic N) is 1. The third kappa shape index (κ3) is 9.64. The quantitative estimate of drug-likeness (QED) is 0.221. The van der Waals surface area contributed by atoms with Gasteiger partial charge in [-0.15, -0.1) is 0 Å². The molecule has 9 nitrogen and oxygen atoms in total. The molecule has 0 aromatic heterocycles. The molecule has 3 N–H and O–H groups in total. The van der Waals surface area contributed by atoms with Crippen molar-refractivity contribution in [1.82, 2.24) is 0 Å². The van der Waals surface area contributed by atoms with Crippen molar-refractivity contribution >= 4 is 11.8 Å². The molecular formula is C13H19NO8. The van der Waals surface area contributed by atoms with Gasteiger partial charge in [0.05, 0.1) is 11.5 Å². The molecule has 22 heavy (non-hydrogen) atoms. The third-order valence-electron chi connectivity index (χ3n) is 2.09. The summed E-state index contributed by atoms with van der Waals surface area (Å²) in [6.07, 6.45) is -0.0812. The van der Waals surface area contributed by atoms with Gasteiger partial charge in [0, 0.05) is 38.4 Å². The van der Waals surface area contributed by atoms with Crippen molar-refractivity contribution in [2.24, 2.45) is 0 Å². The average Bonchev–Trinajstić information content (AvgIpc) is 2.49. The molecule has 124 valence electrons. The predicted molar refractivity (Wildman–Crippen MR) is 75.6 cm³/mol. The van der Waals surface area contributed by atoms with Crippen LogP contribution in [0.5, 0.6) is 5.75 Å². The van der Waals surface area contributed by atoms with E-state index in [2.05, 4.69) is 4.74 Å². The van der Waals surface area contributed by atoms with E-state index in [1.165, 1.54) is 24.3 Å². The highest BCUT2D eigenvalue weighted by molar-refractivity contribution is 5.63. The number of hydrogen-bond acceptors (Lipinski definition) is 8. The first-order valence-electron chi connectivity index (χ1n) is 6.46. The Morgan fingerprint density at radius 3 is 2.00 bits per heavy atom. The molecule has 0 unspecified atom stereocenters. The number of carbonyl (C=O) groups is 1. The van der Waals surface area contributed by atoms with Crippen LogP contribution in [0.25, 0.3) is 0 Å². The highest BCUT2D eigenvalue weighted by atomic mass is 16.7. The summed E-state index contributed by atoms with van der Waals surface area (Å²) in [6.45, 7) is 0.167. The minimum absolute atomic E-state index is 0.0579. The Morgan fingerprint density at radius 1 is 1.05 bits per heavy atom. The lowest BCUT2D eigenvalue weighted by Gasteiger charge is -2.04. The largest absolute Gasteiger partial charge is 0.513 e. The highest BCUT2D eigenvalue weighted by Crippen LogP contribution is 2.17. The minimum atomic E-state index is -0.910. The second-order valence-corrected chi connectivity index (χ2v) is 3.83. The Morgan fingerprint density at radius 2 is 1.59 bits per heavy atom. The number of carbonyl (C=O) groups excluding carboxylic acids is 1. The Labute approximate surface area is 126 Å². The van der Waals surface area contributed by atoms with Crippen LogP contribution in [0.4, 0.5) is 10.5 Å². The van der Waals surface area contributed by atoms with Crippen molar-refractivity contribution < 1.29 is 34.5 Å². The zero-order chi connectivity index (χ0) is 16.8. The van der Waals surface area contributed by atoms with Crippen LogP contribution >= 0.6 is 0 Å². The number of benzene rings is 1. The Bertz CT molecular complexity index is 432. The first-order chi connectivity index (χ1) is 10.5. The molecule has 0 aliphatic rings. The zero-order valence-electron chi connectivity index (χ0n) is 11.9. The number of aliphatic hydroxyl groups is 3. The van der Waals surface area contributed by atoms with E-state index in [0.29, 0.717) is 12.8 Å². The van der Waals surface area contributed by atoms with Crippen LogP contribution in [-0.4, -0.2) is 52.8 Å². The minimum Gasteiger partial charge on any atom is -0.434 e. The molecule has 0 bridgehead atoms. The molecule has 0 fully saturated rings. The average molecular weight is 317 g/mol. The molecule has 0 saturated carbocycles. The van der Waals surface area contributed by atoms with Crippen LogP contribution < -0.4 is 4.74 Å². The molecule has 1 aromatic rings. The summed E-state index contributed by atoms with van der Waals surface area (Å²) in [7, 11) is 0. The van der Waals surface area contributed by atoms with Crippen LogP contribution in [0.1, 0.15) is 12.8 Å². The van der Waals surface area contributed by atoms with E-state index in [1.54, 1.807) is 0 Å². The normalized spacial score (nSPS) is 9.41. The molecule has 1 aromatic carbocycles. The SMILES string of the molecule is O=C(OCCCO)Oc1ccc([N+](=O)[O-])cc1.OCCCO. The van der Waals surface area contributed by atoms with Crippen LogP contribution in [0, 0.1) is 10.1 Å². The lowest BCUT2D eigenvalue weighted by molar-refractivity contribution is -0.384. The summed E-state index contributed by atoms with van der Waals surface area (Å²) in [6, 6.07) is 5.03. The Balaban J connectivity index is 0.000000763. The number of ether oxygens (including phenoxy) is 2. The topological polar surface area (TPSA) is 139 Å². The highest BCUT2D eigenvalue weighted by Gasteiger charge is 2.08. The first kappa shape index (κ1) is 19.8. The molecule has 0 aliphatic heterocycles. The van der Waals surface area contributed by atoms with Crippen LogP contribution in [0.2, 0.25) is 0 Å². The van der Waals surface area contributed by atoms with E-state index >= 15 is 0 Å². The molecule has 0 saturated heterocycles. The molecule has 0 heterocycles. The van der Waals surface area contributed by atoms with Crippen molar-refractivity contribution in [2.75, 3.05) is 26.4 Å². The molecule has 1 rings (SSSR count). The lowest BCUT2D eigenvalue weighted by atomic mass is 10.3. The number of hydrogen-bond donors (Lipinski definition) is 3. The van der Waals surface area contributed by atoms with Gasteiger partial charge in [-0.3, -0.25) is 10.1 Å². The van der Waals surface area contributed by atoms with Gasteiger partial charge in [0.25, 0.3) is 5.69 Å². The van der Waals surface area contributed by atoms with Crippen molar-refractivity contribution in [3.05, 3.63) is 34.4 Å². The van der Waals surface area contributed by atoms with E-state index in [1.807, 2.05) is 0 Å². The maximum Gasteiger partial charge on any atom is 0.513 e. The maximum atomic E-state index is 11.0. The van der Waals surface area contributed by atoms with E-state index in [-0.39, 0.29) is 37.9 Å². The second-order valence-electron chi connectivity index (χ2n) is 3.83. The smallest absolute Gasteiger partial charge is 0.434 e. The van der Waals surface area contributed by atoms with Gasteiger partial charge in [-0.1, -0.05) is 0 Å². The van der Waals surface area contributed by atoms with Gasteiger partial charge < -0.3 is 24.8 Å². The van der Waals surface area contributed by atoms with Crippen LogP contribution in [-0.2, 0) is 4.74 Å². The fraction of sp³-hybridized carbons (Fsp3) is 0.462. The Hall–Kier alpha value is -2.23. The fourth-order valence-corrected chi connectivity index (χ4v) is 1.05. The van der Waals surface area contributed by atoms with Gasteiger partial charge in [-0.25, -0.2) is 4.79 Å². The lowest BCUT2D eigenvalue weighted by Crippen LogP contribution is -2.12. The van der Waals surface area contributed by atoms with Gasteiger partial charge >= 0.3 is 6.16 Å².